The first-order chi connectivity index (χ1) is 16.0. The van der Waals surface area contributed by atoms with E-state index < -0.39 is 5.82 Å². The third-order valence-corrected chi connectivity index (χ3v) is 6.38. The van der Waals surface area contributed by atoms with Gasteiger partial charge in [-0.2, -0.15) is 5.10 Å². The molecule has 0 aliphatic carbocycles. The summed E-state index contributed by atoms with van der Waals surface area (Å²) in [4.78, 5) is 24.7. The summed E-state index contributed by atoms with van der Waals surface area (Å²) >= 11 is 6.69. The Morgan fingerprint density at radius 3 is 2.70 bits per heavy atom. The van der Waals surface area contributed by atoms with Crippen molar-refractivity contribution in [1.82, 2.24) is 25.1 Å². The molecule has 33 heavy (non-hydrogen) atoms. The Labute approximate surface area is 194 Å². The zero-order chi connectivity index (χ0) is 23.1. The number of anilines is 1. The number of piperazine rings is 1. The van der Waals surface area contributed by atoms with Crippen LogP contribution in [-0.4, -0.2) is 57.2 Å². The summed E-state index contributed by atoms with van der Waals surface area (Å²) in [5.74, 6) is 0.121. The first kappa shape index (κ1) is 21.3. The summed E-state index contributed by atoms with van der Waals surface area (Å²) in [5, 5.41) is 8.66. The van der Waals surface area contributed by atoms with E-state index in [0.29, 0.717) is 48.5 Å². The van der Waals surface area contributed by atoms with Gasteiger partial charge >= 0.3 is 0 Å². The summed E-state index contributed by atoms with van der Waals surface area (Å²) in [5.41, 5.74) is 2.91. The van der Waals surface area contributed by atoms with Gasteiger partial charge in [0, 0.05) is 48.1 Å². The molecule has 0 unspecified atom stereocenters. The maximum atomic E-state index is 15.9. The average Bonchev–Trinajstić information content (AvgIpc) is 3.29. The van der Waals surface area contributed by atoms with Crippen molar-refractivity contribution >= 4 is 45.1 Å². The van der Waals surface area contributed by atoms with E-state index in [-0.39, 0.29) is 16.4 Å². The van der Waals surface area contributed by atoms with Crippen molar-refractivity contribution in [2.75, 3.05) is 31.1 Å². The van der Waals surface area contributed by atoms with Crippen LogP contribution in [0.5, 0.6) is 0 Å². The van der Waals surface area contributed by atoms with Gasteiger partial charge in [-0.1, -0.05) is 23.7 Å². The second-order valence-electron chi connectivity index (χ2n) is 8.04. The van der Waals surface area contributed by atoms with Crippen LogP contribution in [-0.2, 0) is 4.79 Å². The van der Waals surface area contributed by atoms with Crippen LogP contribution in [0.25, 0.3) is 32.9 Å². The Kier molecular flexibility index (Phi) is 5.46. The molecule has 3 heterocycles. The summed E-state index contributed by atoms with van der Waals surface area (Å²) in [6.45, 7) is 6.03. The molecule has 4 aromatic rings. The van der Waals surface area contributed by atoms with Crippen molar-refractivity contribution in [2.45, 2.75) is 13.8 Å². The van der Waals surface area contributed by atoms with E-state index in [1.807, 2.05) is 30.9 Å². The van der Waals surface area contributed by atoms with Crippen LogP contribution in [0.15, 0.2) is 42.9 Å². The van der Waals surface area contributed by atoms with Crippen LogP contribution in [0.3, 0.4) is 0 Å². The number of aryl methyl sites for hydroxylation is 1. The van der Waals surface area contributed by atoms with Gasteiger partial charge in [0.05, 0.1) is 16.7 Å². The number of aromatic nitrogens is 4. The largest absolute Gasteiger partial charge is 0.352 e. The normalized spacial score (nSPS) is 14.7. The Hall–Kier alpha value is -3.52. The second-order valence-corrected chi connectivity index (χ2v) is 8.45. The number of hydrogen-bond acceptors (Lipinski definition) is 5. The second kappa shape index (κ2) is 8.44. The Morgan fingerprint density at radius 2 is 1.94 bits per heavy atom. The molecule has 0 atom stereocenters. The van der Waals surface area contributed by atoms with Gasteiger partial charge in [0.2, 0.25) is 5.91 Å². The molecule has 2 aromatic carbocycles. The van der Waals surface area contributed by atoms with Gasteiger partial charge in [-0.15, -0.1) is 0 Å². The van der Waals surface area contributed by atoms with E-state index in [1.54, 1.807) is 29.3 Å². The molecule has 1 aliphatic rings. The molecule has 0 radical (unpaired) electrons. The average molecular weight is 465 g/mol. The highest BCUT2D eigenvalue weighted by atomic mass is 35.5. The van der Waals surface area contributed by atoms with Crippen molar-refractivity contribution < 1.29 is 9.18 Å². The summed E-state index contributed by atoms with van der Waals surface area (Å²) in [6.07, 6.45) is 6.36. The van der Waals surface area contributed by atoms with Crippen LogP contribution >= 0.6 is 11.6 Å². The highest BCUT2D eigenvalue weighted by molar-refractivity contribution is 6.35. The molecular formula is C24H22ClFN6O. The molecule has 0 saturated carbocycles. The van der Waals surface area contributed by atoms with Crippen molar-refractivity contribution in [3.8, 4) is 11.1 Å². The number of nitrogens with one attached hydrogen (secondary N) is 1. The fraction of sp³-hybridized carbons (Fsp3) is 0.250. The first-order valence-electron chi connectivity index (χ1n) is 10.7. The minimum Gasteiger partial charge on any atom is -0.352 e. The Balaban J connectivity index is 1.58. The monoisotopic (exact) mass is 464 g/mol. The molecular weight excluding hydrogens is 443 g/mol. The number of hydrogen-bond donors (Lipinski definition) is 1. The van der Waals surface area contributed by atoms with Crippen LogP contribution in [0, 0.1) is 12.7 Å². The lowest BCUT2D eigenvalue weighted by atomic mass is 9.95. The van der Waals surface area contributed by atoms with Gasteiger partial charge in [-0.3, -0.25) is 9.89 Å². The van der Waals surface area contributed by atoms with E-state index in [2.05, 4.69) is 20.2 Å². The van der Waals surface area contributed by atoms with Crippen LogP contribution < -0.4 is 4.90 Å². The number of carbonyl (C=O) groups excluding carboxylic acids is 1. The molecule has 1 amide bonds. The quantitative estimate of drug-likeness (QED) is 0.452. The lowest BCUT2D eigenvalue weighted by molar-refractivity contribution is -0.126. The number of aromatic amines is 1. The fourth-order valence-electron chi connectivity index (χ4n) is 4.44. The fourth-order valence-corrected chi connectivity index (χ4v) is 4.73. The van der Waals surface area contributed by atoms with E-state index >= 15 is 4.39 Å². The van der Waals surface area contributed by atoms with Gasteiger partial charge in [-0.05, 0) is 37.6 Å². The zero-order valence-electron chi connectivity index (χ0n) is 18.3. The van der Waals surface area contributed by atoms with E-state index in [1.165, 1.54) is 6.33 Å². The van der Waals surface area contributed by atoms with Gasteiger partial charge in [0.25, 0.3) is 0 Å². The number of rotatable bonds is 3. The summed E-state index contributed by atoms with van der Waals surface area (Å²) in [6, 6.07) is 5.56. The molecule has 5 rings (SSSR count). The SMILES string of the molecule is C/C=C/C(=O)N1CCN(c2ncnc3c(F)c(-c4c(C)ccc5[nH]ncc45)c(Cl)cc23)CC1. The van der Waals surface area contributed by atoms with Gasteiger partial charge < -0.3 is 9.80 Å². The summed E-state index contributed by atoms with van der Waals surface area (Å²) in [7, 11) is 0. The van der Waals surface area contributed by atoms with Crippen LogP contribution in [0.1, 0.15) is 12.5 Å². The van der Waals surface area contributed by atoms with E-state index in [9.17, 15) is 4.79 Å². The Morgan fingerprint density at radius 1 is 1.15 bits per heavy atom. The smallest absolute Gasteiger partial charge is 0.246 e. The standard InChI is InChI=1S/C24H22ClFN6O/c1-3-4-19(33)31-7-9-32(10-8-31)24-15-11-17(25)21(22(26)23(15)27-13-28-24)20-14(2)5-6-18-16(20)12-29-30-18/h3-6,11-13H,7-10H2,1-2H3,(H,29,30)/b4-3+. The molecule has 1 saturated heterocycles. The number of nitrogens with zero attached hydrogens (tertiary/aromatic N) is 5. The van der Waals surface area contributed by atoms with Crippen molar-refractivity contribution in [3.63, 3.8) is 0 Å². The molecule has 1 aliphatic heterocycles. The maximum absolute atomic E-state index is 15.9. The first-order valence-corrected chi connectivity index (χ1v) is 11.1. The number of amides is 1. The number of halogens is 2. The van der Waals surface area contributed by atoms with Crippen molar-refractivity contribution in [3.05, 3.63) is 59.3 Å². The van der Waals surface area contributed by atoms with E-state index in [4.69, 9.17) is 11.6 Å². The molecule has 168 valence electrons. The van der Waals surface area contributed by atoms with Gasteiger partial charge in [0.1, 0.15) is 17.7 Å². The number of allylic oxidation sites excluding steroid dienone is 1. The minimum absolute atomic E-state index is 0.00721. The van der Waals surface area contributed by atoms with Crippen LogP contribution in [0.2, 0.25) is 5.02 Å². The van der Waals surface area contributed by atoms with Gasteiger partial charge in [-0.25, -0.2) is 14.4 Å². The van der Waals surface area contributed by atoms with Gasteiger partial charge in [0.15, 0.2) is 5.82 Å². The van der Waals surface area contributed by atoms with E-state index in [0.717, 1.165) is 16.5 Å². The predicted molar refractivity (Wildman–Crippen MR) is 128 cm³/mol. The van der Waals surface area contributed by atoms with Crippen molar-refractivity contribution in [2.24, 2.45) is 0 Å². The molecule has 0 bridgehead atoms. The topological polar surface area (TPSA) is 78.0 Å². The number of carbonyl (C=O) groups is 1. The minimum atomic E-state index is -0.486. The highest BCUT2D eigenvalue weighted by Gasteiger charge is 2.25. The third-order valence-electron chi connectivity index (χ3n) is 6.08. The molecule has 7 nitrogen and oxygen atoms in total. The molecule has 1 N–H and O–H groups in total. The highest BCUT2D eigenvalue weighted by Crippen LogP contribution is 2.41. The summed E-state index contributed by atoms with van der Waals surface area (Å²) < 4.78 is 15.9. The van der Waals surface area contributed by atoms with Crippen molar-refractivity contribution in [1.29, 1.82) is 0 Å². The molecule has 1 fully saturated rings. The zero-order valence-corrected chi connectivity index (χ0v) is 19.0. The van der Waals surface area contributed by atoms with Crippen LogP contribution in [0.4, 0.5) is 10.2 Å². The lowest BCUT2D eigenvalue weighted by Crippen LogP contribution is -2.48. The maximum Gasteiger partial charge on any atom is 0.246 e. The molecule has 2 aromatic heterocycles. The third kappa shape index (κ3) is 3.60. The number of H-pyrrole nitrogens is 1. The Bertz CT molecular complexity index is 1410. The number of fused-ring (bicyclic) bond motifs is 2. The molecule has 9 heteroatoms. The number of benzene rings is 2. The predicted octanol–water partition coefficient (Wildman–Crippen LogP) is 4.50. The lowest BCUT2D eigenvalue weighted by Gasteiger charge is -2.35. The molecule has 0 spiro atoms.